The molecule has 0 atom stereocenters. The third-order valence-electron chi connectivity index (χ3n) is 2.87. The highest BCUT2D eigenvalue weighted by atomic mass is 35.5. The van der Waals surface area contributed by atoms with Crippen LogP contribution in [-0.2, 0) is 6.61 Å². The quantitative estimate of drug-likeness (QED) is 0.884. The molecule has 0 aromatic heterocycles. The maximum atomic E-state index is 13.2. The van der Waals surface area contributed by atoms with Gasteiger partial charge in [0.15, 0.2) is 11.5 Å². The van der Waals surface area contributed by atoms with E-state index in [1.807, 2.05) is 0 Å². The number of carbonyl (C=O) groups is 1. The molecule has 0 saturated heterocycles. The van der Waals surface area contributed by atoms with E-state index in [9.17, 15) is 9.18 Å². The van der Waals surface area contributed by atoms with E-state index in [-0.39, 0.29) is 28.8 Å². The van der Waals surface area contributed by atoms with Crippen LogP contribution in [0.3, 0.4) is 0 Å². The summed E-state index contributed by atoms with van der Waals surface area (Å²) >= 11 is 6.13. The lowest BCUT2D eigenvalue weighted by molar-refractivity contribution is 0.0999. The smallest absolute Gasteiger partial charge is 0.248 e. The molecule has 0 aliphatic heterocycles. The van der Waals surface area contributed by atoms with Gasteiger partial charge >= 0.3 is 0 Å². The van der Waals surface area contributed by atoms with Crippen LogP contribution in [0.5, 0.6) is 11.5 Å². The number of amides is 1. The molecule has 0 spiro atoms. The highest BCUT2D eigenvalue weighted by Crippen LogP contribution is 2.37. The number of benzene rings is 2. The lowest BCUT2D eigenvalue weighted by Gasteiger charge is -2.14. The minimum Gasteiger partial charge on any atom is -0.490 e. The van der Waals surface area contributed by atoms with Gasteiger partial charge in [-0.15, -0.1) is 0 Å². The molecule has 6 heteroatoms. The molecule has 116 valence electrons. The summed E-state index contributed by atoms with van der Waals surface area (Å²) < 4.78 is 24.2. The predicted molar refractivity (Wildman–Crippen MR) is 81.9 cm³/mol. The average Bonchev–Trinajstić information content (AvgIpc) is 2.46. The first-order chi connectivity index (χ1) is 10.5. The van der Waals surface area contributed by atoms with Gasteiger partial charge in [0.05, 0.1) is 11.6 Å². The largest absolute Gasteiger partial charge is 0.490 e. The fourth-order valence-electron chi connectivity index (χ4n) is 1.90. The molecule has 0 saturated carbocycles. The van der Waals surface area contributed by atoms with Gasteiger partial charge in [0.25, 0.3) is 0 Å². The summed E-state index contributed by atoms with van der Waals surface area (Å²) in [6.45, 7) is 2.28. The molecule has 0 aliphatic rings. The van der Waals surface area contributed by atoms with Crippen LogP contribution in [0.25, 0.3) is 0 Å². The fraction of sp³-hybridized carbons (Fsp3) is 0.188. The Morgan fingerprint density at radius 1 is 1.27 bits per heavy atom. The van der Waals surface area contributed by atoms with Gasteiger partial charge in [-0.2, -0.15) is 0 Å². The van der Waals surface area contributed by atoms with E-state index < -0.39 is 5.91 Å². The number of primary amides is 1. The van der Waals surface area contributed by atoms with Crippen LogP contribution in [0.4, 0.5) is 4.39 Å². The topological polar surface area (TPSA) is 61.5 Å². The summed E-state index contributed by atoms with van der Waals surface area (Å²) in [6.07, 6.45) is 0. The minimum atomic E-state index is -0.612. The summed E-state index contributed by atoms with van der Waals surface area (Å²) in [6, 6.07) is 8.92. The molecule has 0 heterocycles. The van der Waals surface area contributed by atoms with E-state index in [0.29, 0.717) is 17.9 Å². The van der Waals surface area contributed by atoms with Crippen LogP contribution in [0.15, 0.2) is 36.4 Å². The molecule has 2 N–H and O–H groups in total. The second-order valence-electron chi connectivity index (χ2n) is 4.50. The van der Waals surface area contributed by atoms with E-state index in [1.165, 1.54) is 24.3 Å². The third-order valence-corrected chi connectivity index (χ3v) is 3.15. The van der Waals surface area contributed by atoms with Crippen LogP contribution in [0, 0.1) is 5.82 Å². The van der Waals surface area contributed by atoms with E-state index in [1.54, 1.807) is 19.1 Å². The molecule has 2 aromatic rings. The van der Waals surface area contributed by atoms with Crippen molar-refractivity contribution >= 4 is 17.5 Å². The third kappa shape index (κ3) is 3.89. The molecule has 0 aliphatic carbocycles. The number of rotatable bonds is 6. The first-order valence-corrected chi connectivity index (χ1v) is 7.02. The van der Waals surface area contributed by atoms with Gasteiger partial charge in [-0.3, -0.25) is 4.79 Å². The summed E-state index contributed by atoms with van der Waals surface area (Å²) in [4.78, 5) is 11.3. The second-order valence-corrected chi connectivity index (χ2v) is 4.91. The Kier molecular flexibility index (Phi) is 5.22. The summed E-state index contributed by atoms with van der Waals surface area (Å²) in [7, 11) is 0. The van der Waals surface area contributed by atoms with E-state index in [0.717, 1.165) is 0 Å². The van der Waals surface area contributed by atoms with Crippen molar-refractivity contribution in [1.29, 1.82) is 0 Å². The zero-order valence-electron chi connectivity index (χ0n) is 11.9. The maximum Gasteiger partial charge on any atom is 0.248 e. The highest BCUT2D eigenvalue weighted by Gasteiger charge is 2.15. The Morgan fingerprint density at radius 3 is 2.68 bits per heavy atom. The molecule has 2 rings (SSSR count). The molecular weight excluding hydrogens is 309 g/mol. The fourth-order valence-corrected chi connectivity index (χ4v) is 2.16. The molecule has 22 heavy (non-hydrogen) atoms. The maximum absolute atomic E-state index is 13.2. The molecule has 0 radical (unpaired) electrons. The Hall–Kier alpha value is -2.27. The van der Waals surface area contributed by atoms with E-state index in [2.05, 4.69) is 0 Å². The van der Waals surface area contributed by atoms with Crippen LogP contribution >= 0.6 is 11.6 Å². The SMILES string of the molecule is CCOc1cc(C(N)=O)cc(Cl)c1OCc1cccc(F)c1. The zero-order chi connectivity index (χ0) is 16.1. The van der Waals surface area contributed by atoms with Gasteiger partial charge in [0.1, 0.15) is 12.4 Å². The van der Waals surface area contributed by atoms with Crippen molar-refractivity contribution in [2.45, 2.75) is 13.5 Å². The molecular formula is C16H15ClFNO3. The average molecular weight is 324 g/mol. The lowest BCUT2D eigenvalue weighted by atomic mass is 10.2. The standard InChI is InChI=1S/C16H15ClFNO3/c1-2-21-14-8-11(16(19)20)7-13(17)15(14)22-9-10-4-3-5-12(18)6-10/h3-8H,2,9H2,1H3,(H2,19,20). The number of hydrogen-bond acceptors (Lipinski definition) is 3. The van der Waals surface area contributed by atoms with Crippen LogP contribution in [0.2, 0.25) is 5.02 Å². The lowest BCUT2D eigenvalue weighted by Crippen LogP contribution is -2.11. The Balaban J connectivity index is 2.27. The number of halogens is 2. The molecule has 0 fully saturated rings. The Bertz CT molecular complexity index is 691. The molecule has 4 nitrogen and oxygen atoms in total. The number of ether oxygens (including phenoxy) is 2. The number of hydrogen-bond donors (Lipinski definition) is 1. The minimum absolute atomic E-state index is 0.119. The van der Waals surface area contributed by atoms with Crippen LogP contribution < -0.4 is 15.2 Å². The monoisotopic (exact) mass is 323 g/mol. The summed E-state index contributed by atoms with van der Waals surface area (Å²) in [5.74, 6) is -0.348. The second kappa shape index (κ2) is 7.13. The van der Waals surface area contributed by atoms with Gasteiger partial charge in [0.2, 0.25) is 5.91 Å². The Morgan fingerprint density at radius 2 is 2.05 bits per heavy atom. The van der Waals surface area contributed by atoms with Crippen molar-refractivity contribution in [3.8, 4) is 11.5 Å². The van der Waals surface area contributed by atoms with Gasteiger partial charge < -0.3 is 15.2 Å². The number of carbonyl (C=O) groups excluding carboxylic acids is 1. The van der Waals surface area contributed by atoms with Crippen molar-refractivity contribution in [2.24, 2.45) is 5.73 Å². The van der Waals surface area contributed by atoms with Crippen molar-refractivity contribution < 1.29 is 18.7 Å². The van der Waals surface area contributed by atoms with Gasteiger partial charge in [0, 0.05) is 5.56 Å². The van der Waals surface area contributed by atoms with E-state index in [4.69, 9.17) is 26.8 Å². The van der Waals surface area contributed by atoms with Gasteiger partial charge in [-0.25, -0.2) is 4.39 Å². The summed E-state index contributed by atoms with van der Waals surface area (Å²) in [5.41, 5.74) is 6.12. The molecule has 1 amide bonds. The summed E-state index contributed by atoms with van der Waals surface area (Å²) in [5, 5.41) is 0.205. The van der Waals surface area contributed by atoms with Gasteiger partial charge in [-0.05, 0) is 36.8 Å². The van der Waals surface area contributed by atoms with Crippen molar-refractivity contribution in [2.75, 3.05) is 6.61 Å². The predicted octanol–water partition coefficient (Wildman–Crippen LogP) is 3.56. The zero-order valence-corrected chi connectivity index (χ0v) is 12.7. The van der Waals surface area contributed by atoms with Gasteiger partial charge in [-0.1, -0.05) is 23.7 Å². The van der Waals surface area contributed by atoms with Crippen LogP contribution in [0.1, 0.15) is 22.8 Å². The van der Waals surface area contributed by atoms with Crippen LogP contribution in [-0.4, -0.2) is 12.5 Å². The van der Waals surface area contributed by atoms with Crippen molar-refractivity contribution in [1.82, 2.24) is 0 Å². The van der Waals surface area contributed by atoms with Crippen molar-refractivity contribution in [3.05, 3.63) is 58.4 Å². The van der Waals surface area contributed by atoms with Crippen molar-refractivity contribution in [3.63, 3.8) is 0 Å². The van der Waals surface area contributed by atoms with E-state index >= 15 is 0 Å². The number of nitrogens with two attached hydrogens (primary N) is 1. The first-order valence-electron chi connectivity index (χ1n) is 6.64. The normalized spacial score (nSPS) is 10.3. The molecule has 2 aromatic carbocycles. The molecule has 0 bridgehead atoms. The highest BCUT2D eigenvalue weighted by molar-refractivity contribution is 6.32. The Labute approximate surface area is 132 Å². The molecule has 0 unspecified atom stereocenters. The first kappa shape index (κ1) is 16.1.